The molecule has 1 fully saturated rings. The van der Waals surface area contributed by atoms with E-state index >= 15 is 0 Å². The Morgan fingerprint density at radius 1 is 1.45 bits per heavy atom. The van der Waals surface area contributed by atoms with Crippen LogP contribution in [0, 0.1) is 5.82 Å². The van der Waals surface area contributed by atoms with Crippen molar-refractivity contribution in [1.29, 1.82) is 0 Å². The predicted molar refractivity (Wildman–Crippen MR) is 83.3 cm³/mol. The van der Waals surface area contributed by atoms with Crippen molar-refractivity contribution >= 4 is 39.3 Å². The van der Waals surface area contributed by atoms with Gasteiger partial charge in [-0.2, -0.15) is 11.8 Å². The number of halogens is 2. The maximum atomic E-state index is 14.0. The number of aromatic carboxylic acids is 1. The van der Waals surface area contributed by atoms with Gasteiger partial charge in [0.15, 0.2) is 5.82 Å². The Kier molecular flexibility index (Phi) is 5.68. The van der Waals surface area contributed by atoms with Gasteiger partial charge < -0.3 is 10.4 Å². The van der Waals surface area contributed by atoms with E-state index < -0.39 is 11.8 Å². The average molecular weight is 363 g/mol. The maximum Gasteiger partial charge on any atom is 0.336 e. The van der Waals surface area contributed by atoms with Gasteiger partial charge >= 0.3 is 5.97 Å². The Bertz CT molecular complexity index is 496. The molecule has 0 unspecified atom stereocenters. The quantitative estimate of drug-likeness (QED) is 0.843. The molecule has 0 radical (unpaired) electrons. The van der Waals surface area contributed by atoms with Gasteiger partial charge in [0.05, 0.1) is 15.7 Å². The normalized spacial score (nSPS) is 16.1. The SMILES string of the molecule is O=C(O)c1ccc(NCCN2CCSCC2)c(F)c1Br. The Balaban J connectivity index is 1.92. The Hall–Kier alpha value is -0.790. The van der Waals surface area contributed by atoms with Gasteiger partial charge in [0.25, 0.3) is 0 Å². The highest BCUT2D eigenvalue weighted by Gasteiger charge is 2.16. The summed E-state index contributed by atoms with van der Waals surface area (Å²) in [5.74, 6) is 0.590. The highest BCUT2D eigenvalue weighted by Crippen LogP contribution is 2.27. The van der Waals surface area contributed by atoms with E-state index in [4.69, 9.17) is 5.11 Å². The topological polar surface area (TPSA) is 52.6 Å². The predicted octanol–water partition coefficient (Wildman–Crippen LogP) is 2.75. The van der Waals surface area contributed by atoms with Crippen LogP contribution in [0.5, 0.6) is 0 Å². The lowest BCUT2D eigenvalue weighted by molar-refractivity contribution is 0.0695. The summed E-state index contributed by atoms with van der Waals surface area (Å²) < 4.78 is 14.0. The zero-order valence-electron chi connectivity index (χ0n) is 10.9. The summed E-state index contributed by atoms with van der Waals surface area (Å²) in [5, 5.41) is 11.9. The van der Waals surface area contributed by atoms with E-state index in [0.29, 0.717) is 12.2 Å². The van der Waals surface area contributed by atoms with Crippen molar-refractivity contribution in [2.75, 3.05) is 43.0 Å². The summed E-state index contributed by atoms with van der Waals surface area (Å²) in [6, 6.07) is 2.87. The monoisotopic (exact) mass is 362 g/mol. The van der Waals surface area contributed by atoms with Crippen LogP contribution >= 0.6 is 27.7 Å². The van der Waals surface area contributed by atoms with Crippen LogP contribution in [-0.4, -0.2) is 53.7 Å². The molecule has 4 nitrogen and oxygen atoms in total. The number of nitrogens with zero attached hydrogens (tertiary/aromatic N) is 1. The van der Waals surface area contributed by atoms with Crippen LogP contribution in [0.4, 0.5) is 10.1 Å². The number of nitrogens with one attached hydrogen (secondary N) is 1. The molecule has 0 aliphatic carbocycles. The standard InChI is InChI=1S/C13H16BrFN2O2S/c14-11-9(13(18)19)1-2-10(12(11)15)16-3-4-17-5-7-20-8-6-17/h1-2,16H,3-8H2,(H,18,19). The van der Waals surface area contributed by atoms with Crippen LogP contribution in [0.2, 0.25) is 0 Å². The first-order valence-electron chi connectivity index (χ1n) is 6.35. The number of benzene rings is 1. The number of rotatable bonds is 5. The van der Waals surface area contributed by atoms with E-state index in [1.165, 1.54) is 12.1 Å². The van der Waals surface area contributed by atoms with Gasteiger partial charge in [-0.25, -0.2) is 9.18 Å². The first-order chi connectivity index (χ1) is 9.59. The van der Waals surface area contributed by atoms with E-state index in [9.17, 15) is 9.18 Å². The minimum Gasteiger partial charge on any atom is -0.478 e. The molecule has 110 valence electrons. The number of thioether (sulfide) groups is 1. The molecule has 0 saturated carbocycles. The maximum absolute atomic E-state index is 14.0. The van der Waals surface area contributed by atoms with Crippen molar-refractivity contribution in [3.63, 3.8) is 0 Å². The molecule has 1 aromatic rings. The third kappa shape index (κ3) is 3.86. The van der Waals surface area contributed by atoms with E-state index in [2.05, 4.69) is 26.1 Å². The van der Waals surface area contributed by atoms with Gasteiger partial charge in [-0.05, 0) is 28.1 Å². The lowest BCUT2D eigenvalue weighted by atomic mass is 10.2. The lowest BCUT2D eigenvalue weighted by Gasteiger charge is -2.26. The number of hydrogen-bond donors (Lipinski definition) is 2. The van der Waals surface area contributed by atoms with E-state index in [1.807, 2.05) is 11.8 Å². The molecule has 2 N–H and O–H groups in total. The van der Waals surface area contributed by atoms with Crippen molar-refractivity contribution in [3.05, 3.63) is 28.0 Å². The van der Waals surface area contributed by atoms with Crippen molar-refractivity contribution in [2.45, 2.75) is 0 Å². The van der Waals surface area contributed by atoms with Crippen molar-refractivity contribution in [2.24, 2.45) is 0 Å². The molecule has 0 aromatic heterocycles. The zero-order valence-corrected chi connectivity index (χ0v) is 13.3. The molecule has 1 aromatic carbocycles. The summed E-state index contributed by atoms with van der Waals surface area (Å²) in [7, 11) is 0. The van der Waals surface area contributed by atoms with E-state index in [-0.39, 0.29) is 10.0 Å². The Labute approximate surface area is 129 Å². The molecule has 20 heavy (non-hydrogen) atoms. The summed E-state index contributed by atoms with van der Waals surface area (Å²) in [4.78, 5) is 13.2. The summed E-state index contributed by atoms with van der Waals surface area (Å²) >= 11 is 4.94. The van der Waals surface area contributed by atoms with Gasteiger partial charge in [0, 0.05) is 37.7 Å². The second kappa shape index (κ2) is 7.28. The van der Waals surface area contributed by atoms with Crippen LogP contribution in [0.3, 0.4) is 0 Å². The van der Waals surface area contributed by atoms with Crippen LogP contribution in [0.15, 0.2) is 16.6 Å². The molecule has 1 aliphatic rings. The minimum atomic E-state index is -1.15. The van der Waals surface area contributed by atoms with Crippen LogP contribution in [0.1, 0.15) is 10.4 Å². The van der Waals surface area contributed by atoms with Crippen molar-refractivity contribution in [3.8, 4) is 0 Å². The molecule has 7 heteroatoms. The van der Waals surface area contributed by atoms with Gasteiger partial charge in [-0.3, -0.25) is 4.90 Å². The molecule has 0 amide bonds. The highest BCUT2D eigenvalue weighted by molar-refractivity contribution is 9.10. The third-order valence-corrected chi connectivity index (χ3v) is 4.88. The number of carboxylic acid groups (broad SMARTS) is 1. The second-order valence-corrected chi connectivity index (χ2v) is 6.49. The fourth-order valence-corrected chi connectivity index (χ4v) is 3.52. The summed E-state index contributed by atoms with van der Waals surface area (Å²) in [6.45, 7) is 3.63. The lowest BCUT2D eigenvalue weighted by Crippen LogP contribution is -2.36. The molecule has 0 atom stereocenters. The van der Waals surface area contributed by atoms with Crippen LogP contribution < -0.4 is 5.32 Å². The molecule has 1 aliphatic heterocycles. The molecule has 0 spiro atoms. The van der Waals surface area contributed by atoms with Gasteiger partial charge in [0.1, 0.15) is 0 Å². The molecule has 1 heterocycles. The van der Waals surface area contributed by atoms with Gasteiger partial charge in [0.2, 0.25) is 0 Å². The van der Waals surface area contributed by atoms with Crippen molar-refractivity contribution in [1.82, 2.24) is 4.90 Å². The second-order valence-electron chi connectivity index (χ2n) is 4.47. The molecular formula is C13H16BrFN2O2S. The highest BCUT2D eigenvalue weighted by atomic mass is 79.9. The Morgan fingerprint density at radius 2 is 2.15 bits per heavy atom. The molecule has 0 bridgehead atoms. The number of hydrogen-bond acceptors (Lipinski definition) is 4. The van der Waals surface area contributed by atoms with E-state index in [0.717, 1.165) is 31.1 Å². The van der Waals surface area contributed by atoms with Crippen LogP contribution in [0.25, 0.3) is 0 Å². The Morgan fingerprint density at radius 3 is 2.80 bits per heavy atom. The summed E-state index contributed by atoms with van der Waals surface area (Å²) in [6.07, 6.45) is 0. The fraction of sp³-hybridized carbons (Fsp3) is 0.462. The number of carbonyl (C=O) groups is 1. The molecule has 1 saturated heterocycles. The van der Waals surface area contributed by atoms with Crippen LogP contribution in [-0.2, 0) is 0 Å². The molecule has 2 rings (SSSR count). The third-order valence-electron chi connectivity index (χ3n) is 3.16. The first kappa shape index (κ1) is 15.6. The van der Waals surface area contributed by atoms with Gasteiger partial charge in [-0.15, -0.1) is 0 Å². The largest absolute Gasteiger partial charge is 0.478 e. The summed E-state index contributed by atoms with van der Waals surface area (Å²) in [5.41, 5.74) is 0.259. The van der Waals surface area contributed by atoms with Gasteiger partial charge in [-0.1, -0.05) is 0 Å². The first-order valence-corrected chi connectivity index (χ1v) is 8.29. The number of anilines is 1. The smallest absolute Gasteiger partial charge is 0.336 e. The zero-order chi connectivity index (χ0) is 14.5. The number of carboxylic acids is 1. The minimum absolute atomic E-state index is 0.00984. The molecular weight excluding hydrogens is 347 g/mol. The van der Waals surface area contributed by atoms with E-state index in [1.54, 1.807) is 0 Å². The average Bonchev–Trinajstić information content (AvgIpc) is 2.44. The fourth-order valence-electron chi connectivity index (χ4n) is 2.02. The van der Waals surface area contributed by atoms with Crippen molar-refractivity contribution < 1.29 is 14.3 Å².